The molecule has 3 rings (SSSR count). The highest BCUT2D eigenvalue weighted by Crippen LogP contribution is 2.43. The fourth-order valence-corrected chi connectivity index (χ4v) is 3.38. The number of hydrogen-bond donors (Lipinski definition) is 0. The maximum atomic E-state index is 2.47. The minimum absolute atomic E-state index is 0.521. The average Bonchev–Trinajstić information content (AvgIpc) is 2.68. The van der Waals surface area contributed by atoms with E-state index in [0.717, 1.165) is 6.54 Å². The molecule has 0 saturated carbocycles. The van der Waals surface area contributed by atoms with Crippen LogP contribution in [0.3, 0.4) is 0 Å². The minimum Gasteiger partial charge on any atom is -0.354 e. The molecular weight excluding hydrogens is 226 g/mol. The zero-order chi connectivity index (χ0) is 11.7. The summed E-state index contributed by atoms with van der Waals surface area (Å²) in [5.74, 6) is 0. The lowest BCUT2D eigenvalue weighted by Gasteiger charge is -2.23. The van der Waals surface area contributed by atoms with Gasteiger partial charge in [0.1, 0.15) is 0 Å². The summed E-state index contributed by atoms with van der Waals surface area (Å²) in [5, 5.41) is 0.521. The van der Waals surface area contributed by atoms with Crippen molar-refractivity contribution in [3.8, 4) is 0 Å². The van der Waals surface area contributed by atoms with E-state index in [1.54, 1.807) is 0 Å². The number of nitrogens with zero attached hydrogens (tertiary/aromatic N) is 1. The van der Waals surface area contributed by atoms with Crippen LogP contribution in [0.4, 0.5) is 5.69 Å². The molecule has 2 heteroatoms. The summed E-state index contributed by atoms with van der Waals surface area (Å²) >= 11 is 1.94. The molecule has 86 valence electrons. The van der Waals surface area contributed by atoms with Crippen molar-refractivity contribution in [1.82, 2.24) is 0 Å². The van der Waals surface area contributed by atoms with E-state index in [-0.39, 0.29) is 0 Å². The van der Waals surface area contributed by atoms with Crippen molar-refractivity contribution in [2.45, 2.75) is 23.7 Å². The van der Waals surface area contributed by atoms with Crippen molar-refractivity contribution in [3.05, 3.63) is 60.2 Å². The molecule has 0 N–H and O–H groups in total. The van der Waals surface area contributed by atoms with Gasteiger partial charge in [-0.15, -0.1) is 0 Å². The van der Waals surface area contributed by atoms with E-state index in [4.69, 9.17) is 0 Å². The molecule has 1 heterocycles. The quantitative estimate of drug-likeness (QED) is 0.777. The number of fused-ring (bicyclic) bond motifs is 1. The predicted molar refractivity (Wildman–Crippen MR) is 74.4 cm³/mol. The van der Waals surface area contributed by atoms with Crippen LogP contribution in [-0.4, -0.2) is 5.37 Å². The van der Waals surface area contributed by atoms with Crippen molar-refractivity contribution in [3.63, 3.8) is 0 Å². The van der Waals surface area contributed by atoms with E-state index in [9.17, 15) is 0 Å². The van der Waals surface area contributed by atoms with Crippen molar-refractivity contribution in [2.24, 2.45) is 0 Å². The van der Waals surface area contributed by atoms with Gasteiger partial charge in [-0.2, -0.15) is 0 Å². The largest absolute Gasteiger partial charge is 0.354 e. The molecule has 17 heavy (non-hydrogen) atoms. The maximum absolute atomic E-state index is 2.47. The Hall–Kier alpha value is -1.41. The van der Waals surface area contributed by atoms with Gasteiger partial charge in [-0.3, -0.25) is 0 Å². The number of anilines is 1. The standard InChI is InChI=1S/C15H15NS/c1-12-16(11-13-7-3-2-4-8-13)14-9-5-6-10-15(14)17-12/h2-10,12H,11H2,1H3. The molecule has 0 bridgehead atoms. The molecule has 0 fully saturated rings. The van der Waals surface area contributed by atoms with Crippen LogP contribution in [0.25, 0.3) is 0 Å². The topological polar surface area (TPSA) is 3.24 Å². The molecule has 0 radical (unpaired) electrons. The van der Waals surface area contributed by atoms with Crippen LogP contribution in [-0.2, 0) is 6.54 Å². The number of para-hydroxylation sites is 1. The second-order valence-electron chi connectivity index (χ2n) is 4.30. The van der Waals surface area contributed by atoms with Crippen molar-refractivity contribution >= 4 is 17.4 Å². The highest BCUT2D eigenvalue weighted by atomic mass is 32.2. The molecule has 2 aromatic carbocycles. The average molecular weight is 241 g/mol. The molecule has 1 aliphatic rings. The summed E-state index contributed by atoms with van der Waals surface area (Å²) < 4.78 is 0. The molecule has 1 nitrogen and oxygen atoms in total. The van der Waals surface area contributed by atoms with Crippen molar-refractivity contribution < 1.29 is 0 Å². The van der Waals surface area contributed by atoms with E-state index in [2.05, 4.69) is 66.4 Å². The van der Waals surface area contributed by atoms with Gasteiger partial charge in [-0.25, -0.2) is 0 Å². The normalized spacial score (nSPS) is 18.2. The second kappa shape index (κ2) is 4.46. The minimum atomic E-state index is 0.521. The number of benzene rings is 2. The Kier molecular flexibility index (Phi) is 2.81. The summed E-state index contributed by atoms with van der Waals surface area (Å²) in [6.45, 7) is 3.26. The summed E-state index contributed by atoms with van der Waals surface area (Å²) in [6.07, 6.45) is 0. The van der Waals surface area contributed by atoms with Gasteiger partial charge in [0.2, 0.25) is 0 Å². The molecule has 0 spiro atoms. The molecule has 0 aromatic heterocycles. The van der Waals surface area contributed by atoms with E-state index in [1.165, 1.54) is 16.1 Å². The summed E-state index contributed by atoms with van der Waals surface area (Å²) in [7, 11) is 0. The van der Waals surface area contributed by atoms with Gasteiger partial charge in [0, 0.05) is 11.4 Å². The molecule has 0 saturated heterocycles. The zero-order valence-electron chi connectivity index (χ0n) is 9.84. The summed E-state index contributed by atoms with van der Waals surface area (Å²) in [5.41, 5.74) is 2.74. The lowest BCUT2D eigenvalue weighted by Crippen LogP contribution is -2.25. The lowest BCUT2D eigenvalue weighted by atomic mass is 10.2. The SMILES string of the molecule is CC1Sc2ccccc2N1Cc1ccccc1. The Labute approximate surface area is 106 Å². The van der Waals surface area contributed by atoms with Crippen LogP contribution in [0.2, 0.25) is 0 Å². The van der Waals surface area contributed by atoms with Crippen LogP contribution < -0.4 is 4.90 Å². The zero-order valence-corrected chi connectivity index (χ0v) is 10.7. The number of hydrogen-bond acceptors (Lipinski definition) is 2. The fraction of sp³-hybridized carbons (Fsp3) is 0.200. The summed E-state index contributed by atoms with van der Waals surface area (Å²) in [6, 6.07) is 19.3. The first-order chi connectivity index (χ1) is 8.34. The molecule has 1 unspecified atom stereocenters. The van der Waals surface area contributed by atoms with Crippen LogP contribution in [0, 0.1) is 0 Å². The summed E-state index contributed by atoms with van der Waals surface area (Å²) in [4.78, 5) is 3.87. The third-order valence-corrected chi connectivity index (χ3v) is 4.30. The van der Waals surface area contributed by atoms with Gasteiger partial charge in [-0.1, -0.05) is 54.2 Å². The van der Waals surface area contributed by atoms with E-state index in [0.29, 0.717) is 5.37 Å². The van der Waals surface area contributed by atoms with Gasteiger partial charge in [-0.05, 0) is 24.6 Å². The van der Waals surface area contributed by atoms with Gasteiger partial charge in [0.05, 0.1) is 11.1 Å². The predicted octanol–water partition coefficient (Wildman–Crippen LogP) is 4.14. The van der Waals surface area contributed by atoms with Crippen molar-refractivity contribution in [1.29, 1.82) is 0 Å². The smallest absolute Gasteiger partial charge is 0.0773 e. The highest BCUT2D eigenvalue weighted by Gasteiger charge is 2.25. The van der Waals surface area contributed by atoms with Crippen molar-refractivity contribution in [2.75, 3.05) is 4.90 Å². The van der Waals surface area contributed by atoms with Crippen LogP contribution in [0.5, 0.6) is 0 Å². The number of rotatable bonds is 2. The second-order valence-corrected chi connectivity index (χ2v) is 5.66. The Balaban J connectivity index is 1.89. The molecule has 1 aliphatic heterocycles. The number of thioether (sulfide) groups is 1. The van der Waals surface area contributed by atoms with E-state index >= 15 is 0 Å². The third-order valence-electron chi connectivity index (χ3n) is 3.11. The van der Waals surface area contributed by atoms with E-state index < -0.39 is 0 Å². The fourth-order valence-electron chi connectivity index (χ4n) is 2.23. The first-order valence-electron chi connectivity index (χ1n) is 5.91. The van der Waals surface area contributed by atoms with Gasteiger partial charge in [0.25, 0.3) is 0 Å². The van der Waals surface area contributed by atoms with Crippen LogP contribution in [0.1, 0.15) is 12.5 Å². The lowest BCUT2D eigenvalue weighted by molar-refractivity contribution is 0.802. The van der Waals surface area contributed by atoms with Gasteiger partial charge >= 0.3 is 0 Å². The Morgan fingerprint density at radius 2 is 1.71 bits per heavy atom. The molecule has 2 aromatic rings. The molecule has 1 atom stereocenters. The van der Waals surface area contributed by atoms with Crippen LogP contribution >= 0.6 is 11.8 Å². The molecular formula is C15H15NS. The van der Waals surface area contributed by atoms with Gasteiger partial charge < -0.3 is 4.90 Å². The Bertz CT molecular complexity index is 509. The Morgan fingerprint density at radius 1 is 1.00 bits per heavy atom. The van der Waals surface area contributed by atoms with Crippen LogP contribution in [0.15, 0.2) is 59.5 Å². The molecule has 0 amide bonds. The highest BCUT2D eigenvalue weighted by molar-refractivity contribution is 8.00. The molecule has 0 aliphatic carbocycles. The first kappa shape index (κ1) is 10.7. The third kappa shape index (κ3) is 2.05. The van der Waals surface area contributed by atoms with E-state index in [1.807, 2.05) is 11.8 Å². The maximum Gasteiger partial charge on any atom is 0.0773 e. The monoisotopic (exact) mass is 241 g/mol. The first-order valence-corrected chi connectivity index (χ1v) is 6.79. The van der Waals surface area contributed by atoms with Gasteiger partial charge in [0.15, 0.2) is 0 Å². The Morgan fingerprint density at radius 3 is 2.53 bits per heavy atom.